The first-order valence-corrected chi connectivity index (χ1v) is 2.80. The van der Waals surface area contributed by atoms with Gasteiger partial charge in [-0.25, -0.2) is 0 Å². The molecule has 40 valence electrons. The van der Waals surface area contributed by atoms with Crippen molar-refractivity contribution in [3.63, 3.8) is 0 Å². The number of hydrogen-bond donors (Lipinski definition) is 1. The Bertz CT molecular complexity index is 94.3. The molecule has 1 nitrogen and oxygen atoms in total. The lowest BCUT2D eigenvalue weighted by Gasteiger charge is -1.78. The van der Waals surface area contributed by atoms with E-state index in [1.165, 1.54) is 6.20 Å². The van der Waals surface area contributed by atoms with Crippen molar-refractivity contribution in [3.8, 4) is 0 Å². The second-order valence-corrected chi connectivity index (χ2v) is 1.95. The molecule has 0 rings (SSSR count). The van der Waals surface area contributed by atoms with Crippen LogP contribution in [0.2, 0.25) is 0 Å². The molecule has 0 aromatic heterocycles. The summed E-state index contributed by atoms with van der Waals surface area (Å²) in [6, 6.07) is 0. The van der Waals surface area contributed by atoms with Crippen molar-refractivity contribution < 1.29 is 0 Å². The van der Waals surface area contributed by atoms with E-state index < -0.39 is 0 Å². The van der Waals surface area contributed by atoms with Crippen LogP contribution in [0.3, 0.4) is 0 Å². The van der Waals surface area contributed by atoms with Crippen LogP contribution in [0.15, 0.2) is 22.8 Å². The van der Waals surface area contributed by atoms with Crippen LogP contribution in [0.4, 0.5) is 0 Å². The number of rotatable bonds is 1. The first kappa shape index (κ1) is 6.76. The lowest BCUT2D eigenvalue weighted by atomic mass is 10.5. The van der Waals surface area contributed by atoms with E-state index in [4.69, 9.17) is 5.73 Å². The summed E-state index contributed by atoms with van der Waals surface area (Å²) in [6.07, 6.45) is 5.19. The van der Waals surface area contributed by atoms with E-state index in [0.717, 1.165) is 4.48 Å². The maximum Gasteiger partial charge on any atom is 0.0146 e. The van der Waals surface area contributed by atoms with Gasteiger partial charge in [0, 0.05) is 4.48 Å². The third kappa shape index (κ3) is 3.59. The minimum Gasteiger partial charge on any atom is -0.405 e. The number of halogens is 1. The molecule has 0 aromatic carbocycles. The first-order valence-electron chi connectivity index (χ1n) is 2.01. The van der Waals surface area contributed by atoms with Crippen LogP contribution in [0.25, 0.3) is 0 Å². The number of allylic oxidation sites excluding steroid dienone is 3. The lowest BCUT2D eigenvalue weighted by Crippen LogP contribution is -1.73. The van der Waals surface area contributed by atoms with Crippen molar-refractivity contribution in [2.75, 3.05) is 0 Å². The van der Waals surface area contributed by atoms with Crippen LogP contribution in [-0.4, -0.2) is 0 Å². The van der Waals surface area contributed by atoms with Crippen LogP contribution < -0.4 is 5.73 Å². The standard InChI is InChI=1S/C5H8BrN/c1-2-5(6)3-4-7/h2-4H,7H2,1H3/b4-3-,5-2+. The molecular formula is C5H8BrN. The molecule has 0 atom stereocenters. The molecule has 0 amide bonds. The molecule has 0 fully saturated rings. The van der Waals surface area contributed by atoms with Gasteiger partial charge in [-0.3, -0.25) is 0 Å². The summed E-state index contributed by atoms with van der Waals surface area (Å²) in [5.41, 5.74) is 5.05. The Morgan fingerprint density at radius 3 is 2.43 bits per heavy atom. The summed E-state index contributed by atoms with van der Waals surface area (Å²) in [5, 5.41) is 0. The largest absolute Gasteiger partial charge is 0.405 e. The van der Waals surface area contributed by atoms with E-state index in [1.807, 2.05) is 13.0 Å². The highest BCUT2D eigenvalue weighted by Gasteiger charge is 1.72. The Morgan fingerprint density at radius 1 is 1.71 bits per heavy atom. The zero-order valence-electron chi connectivity index (χ0n) is 4.19. The summed E-state index contributed by atoms with van der Waals surface area (Å²) in [4.78, 5) is 0. The number of hydrogen-bond acceptors (Lipinski definition) is 1. The zero-order chi connectivity index (χ0) is 5.70. The third-order valence-corrected chi connectivity index (χ3v) is 1.25. The van der Waals surface area contributed by atoms with Gasteiger partial charge in [0.15, 0.2) is 0 Å². The fraction of sp³-hybridized carbons (Fsp3) is 0.200. The minimum absolute atomic E-state index is 1.01. The second kappa shape index (κ2) is 3.93. The van der Waals surface area contributed by atoms with E-state index in [9.17, 15) is 0 Å². The van der Waals surface area contributed by atoms with Crippen molar-refractivity contribution in [2.45, 2.75) is 6.92 Å². The molecule has 0 aliphatic rings. The highest BCUT2D eigenvalue weighted by atomic mass is 79.9. The molecule has 0 aliphatic carbocycles. The summed E-state index contributed by atoms with van der Waals surface area (Å²) in [5.74, 6) is 0. The number of nitrogens with two attached hydrogens (primary N) is 1. The summed E-state index contributed by atoms with van der Waals surface area (Å²) in [7, 11) is 0. The maximum absolute atomic E-state index is 5.05. The molecule has 2 N–H and O–H groups in total. The average molecular weight is 162 g/mol. The van der Waals surface area contributed by atoms with Crippen molar-refractivity contribution in [1.82, 2.24) is 0 Å². The van der Waals surface area contributed by atoms with Gasteiger partial charge in [-0.2, -0.15) is 0 Å². The molecule has 0 aromatic rings. The van der Waals surface area contributed by atoms with Crippen LogP contribution in [0.5, 0.6) is 0 Å². The van der Waals surface area contributed by atoms with Crippen LogP contribution >= 0.6 is 15.9 Å². The van der Waals surface area contributed by atoms with Gasteiger partial charge in [-0.1, -0.05) is 22.0 Å². The van der Waals surface area contributed by atoms with Gasteiger partial charge in [0.2, 0.25) is 0 Å². The third-order valence-electron chi connectivity index (χ3n) is 0.531. The molecule has 2 heteroatoms. The van der Waals surface area contributed by atoms with Gasteiger partial charge >= 0.3 is 0 Å². The van der Waals surface area contributed by atoms with E-state index in [1.54, 1.807) is 6.08 Å². The van der Waals surface area contributed by atoms with Gasteiger partial charge in [0.25, 0.3) is 0 Å². The second-order valence-electron chi connectivity index (χ2n) is 1.03. The Labute approximate surface area is 52.0 Å². The van der Waals surface area contributed by atoms with Crippen LogP contribution in [-0.2, 0) is 0 Å². The molecule has 0 heterocycles. The van der Waals surface area contributed by atoms with Gasteiger partial charge in [0.05, 0.1) is 0 Å². The molecule has 0 saturated carbocycles. The van der Waals surface area contributed by atoms with Crippen LogP contribution in [0, 0.1) is 0 Å². The molecule has 0 spiro atoms. The summed E-state index contributed by atoms with van der Waals surface area (Å²) < 4.78 is 1.01. The molecule has 0 unspecified atom stereocenters. The van der Waals surface area contributed by atoms with Gasteiger partial charge in [-0.05, 0) is 19.2 Å². The Hall–Kier alpha value is -0.240. The smallest absolute Gasteiger partial charge is 0.0146 e. The highest BCUT2D eigenvalue weighted by Crippen LogP contribution is 2.03. The highest BCUT2D eigenvalue weighted by molar-refractivity contribution is 9.11. The summed E-state index contributed by atoms with van der Waals surface area (Å²) >= 11 is 3.23. The Morgan fingerprint density at radius 2 is 2.29 bits per heavy atom. The van der Waals surface area contributed by atoms with Gasteiger partial charge < -0.3 is 5.73 Å². The van der Waals surface area contributed by atoms with E-state index in [0.29, 0.717) is 0 Å². The fourth-order valence-corrected chi connectivity index (χ4v) is 0.341. The quantitative estimate of drug-likeness (QED) is 0.584. The zero-order valence-corrected chi connectivity index (χ0v) is 5.77. The topological polar surface area (TPSA) is 26.0 Å². The molecule has 0 bridgehead atoms. The monoisotopic (exact) mass is 161 g/mol. The van der Waals surface area contributed by atoms with Crippen molar-refractivity contribution in [1.29, 1.82) is 0 Å². The Balaban J connectivity index is 3.58. The molecular weight excluding hydrogens is 154 g/mol. The SMILES string of the molecule is C/C=C(Br)\C=C/N. The van der Waals surface area contributed by atoms with Crippen molar-refractivity contribution in [3.05, 3.63) is 22.8 Å². The Kier molecular flexibility index (Phi) is 3.80. The van der Waals surface area contributed by atoms with E-state index >= 15 is 0 Å². The summed E-state index contributed by atoms with van der Waals surface area (Å²) in [6.45, 7) is 1.93. The molecule has 0 aliphatic heterocycles. The molecule has 0 saturated heterocycles. The maximum atomic E-state index is 5.05. The van der Waals surface area contributed by atoms with Gasteiger partial charge in [0.1, 0.15) is 0 Å². The van der Waals surface area contributed by atoms with Crippen molar-refractivity contribution in [2.24, 2.45) is 5.73 Å². The normalized spacial score (nSPS) is 13.1. The fourth-order valence-electron chi connectivity index (χ4n) is 0.188. The predicted octanol–water partition coefficient (Wildman–Crippen LogP) is 1.76. The minimum atomic E-state index is 1.01. The molecule has 0 radical (unpaired) electrons. The van der Waals surface area contributed by atoms with Crippen LogP contribution in [0.1, 0.15) is 6.92 Å². The van der Waals surface area contributed by atoms with E-state index in [2.05, 4.69) is 15.9 Å². The molecule has 7 heavy (non-hydrogen) atoms. The van der Waals surface area contributed by atoms with Gasteiger partial charge in [-0.15, -0.1) is 0 Å². The lowest BCUT2D eigenvalue weighted by molar-refractivity contribution is 1.58. The predicted molar refractivity (Wildman–Crippen MR) is 36.0 cm³/mol. The average Bonchev–Trinajstić information content (AvgIpc) is 1.68. The van der Waals surface area contributed by atoms with E-state index in [-0.39, 0.29) is 0 Å². The first-order chi connectivity index (χ1) is 3.31. The van der Waals surface area contributed by atoms with Crippen molar-refractivity contribution >= 4 is 15.9 Å².